The molecule has 0 bridgehead atoms. The molecular formula is C13H13BrFN3O. The molecule has 6 heteroatoms. The summed E-state index contributed by atoms with van der Waals surface area (Å²) in [7, 11) is 1.73. The van der Waals surface area contributed by atoms with Crippen LogP contribution in [0.5, 0.6) is 0 Å². The fraction of sp³-hybridized carbons (Fsp3) is 0.385. The normalized spacial score (nSPS) is 23.9. The molecule has 1 aromatic carbocycles. The zero-order valence-electron chi connectivity index (χ0n) is 10.4. The number of ether oxygens (including phenoxy) is 1. The van der Waals surface area contributed by atoms with Crippen molar-refractivity contribution in [2.45, 2.75) is 18.2 Å². The summed E-state index contributed by atoms with van der Waals surface area (Å²) in [6.07, 6.45) is 0.801. The number of nitrogens with zero attached hydrogens (tertiary/aromatic N) is 3. The van der Waals surface area contributed by atoms with Crippen LogP contribution in [0, 0.1) is 0 Å². The summed E-state index contributed by atoms with van der Waals surface area (Å²) in [4.78, 5) is 0. The van der Waals surface area contributed by atoms with Gasteiger partial charge in [-0.05, 0) is 17.7 Å². The molecule has 4 nitrogen and oxygen atoms in total. The molecule has 0 radical (unpaired) electrons. The van der Waals surface area contributed by atoms with Crippen molar-refractivity contribution >= 4 is 15.9 Å². The van der Waals surface area contributed by atoms with Gasteiger partial charge in [-0.3, -0.25) is 0 Å². The Morgan fingerprint density at radius 3 is 2.84 bits per heavy atom. The molecule has 100 valence electrons. The standard InChI is InChI=1S/C13H13BrFN3O/c1-18-8-16-17-12(18)11(15)13(5-6-19-13)9-3-2-4-10(14)7-9/h2-4,7-8,11H,5-6H2,1H3. The third-order valence-corrected chi connectivity index (χ3v) is 4.02. The van der Waals surface area contributed by atoms with E-state index in [4.69, 9.17) is 4.74 Å². The quantitative estimate of drug-likeness (QED) is 0.871. The lowest BCUT2D eigenvalue weighted by molar-refractivity contribution is -0.198. The number of hydrogen-bond donors (Lipinski definition) is 0. The number of aromatic nitrogens is 3. The highest BCUT2D eigenvalue weighted by molar-refractivity contribution is 9.10. The lowest BCUT2D eigenvalue weighted by atomic mass is 9.82. The molecule has 3 rings (SSSR count). The molecule has 0 N–H and O–H groups in total. The van der Waals surface area contributed by atoms with E-state index in [-0.39, 0.29) is 0 Å². The van der Waals surface area contributed by atoms with Crippen molar-refractivity contribution in [2.24, 2.45) is 7.05 Å². The number of benzene rings is 1. The van der Waals surface area contributed by atoms with Gasteiger partial charge in [-0.1, -0.05) is 28.1 Å². The van der Waals surface area contributed by atoms with Crippen LogP contribution in [0.25, 0.3) is 0 Å². The molecule has 1 saturated heterocycles. The number of rotatable bonds is 3. The van der Waals surface area contributed by atoms with E-state index in [0.717, 1.165) is 10.0 Å². The number of alkyl halides is 1. The van der Waals surface area contributed by atoms with Crippen molar-refractivity contribution in [1.29, 1.82) is 0 Å². The van der Waals surface area contributed by atoms with Crippen LogP contribution in [-0.2, 0) is 17.4 Å². The van der Waals surface area contributed by atoms with Gasteiger partial charge in [0.05, 0.1) is 6.61 Å². The van der Waals surface area contributed by atoms with E-state index >= 15 is 0 Å². The molecular weight excluding hydrogens is 313 g/mol. The second-order valence-corrected chi connectivity index (χ2v) is 5.58. The maximum atomic E-state index is 14.9. The van der Waals surface area contributed by atoms with Crippen LogP contribution in [0.2, 0.25) is 0 Å². The third-order valence-electron chi connectivity index (χ3n) is 3.53. The summed E-state index contributed by atoms with van der Waals surface area (Å²) >= 11 is 3.41. The molecule has 2 heterocycles. The van der Waals surface area contributed by atoms with Gasteiger partial charge in [-0.2, -0.15) is 0 Å². The zero-order valence-corrected chi connectivity index (χ0v) is 12.0. The van der Waals surface area contributed by atoms with Gasteiger partial charge in [-0.25, -0.2) is 4.39 Å². The second-order valence-electron chi connectivity index (χ2n) is 4.66. The number of hydrogen-bond acceptors (Lipinski definition) is 3. The highest BCUT2D eigenvalue weighted by Gasteiger charge is 2.50. The first-order valence-electron chi connectivity index (χ1n) is 6.01. The van der Waals surface area contributed by atoms with Crippen LogP contribution >= 0.6 is 15.9 Å². The van der Waals surface area contributed by atoms with Gasteiger partial charge in [0.15, 0.2) is 12.0 Å². The molecule has 0 spiro atoms. The average Bonchev–Trinajstić information content (AvgIpc) is 2.74. The minimum Gasteiger partial charge on any atom is -0.367 e. The molecule has 2 atom stereocenters. The van der Waals surface area contributed by atoms with E-state index in [0.29, 0.717) is 18.9 Å². The maximum absolute atomic E-state index is 14.9. The van der Waals surface area contributed by atoms with Crippen LogP contribution in [0.4, 0.5) is 4.39 Å². The van der Waals surface area contributed by atoms with Gasteiger partial charge in [0.25, 0.3) is 0 Å². The smallest absolute Gasteiger partial charge is 0.193 e. The first-order valence-corrected chi connectivity index (χ1v) is 6.81. The summed E-state index contributed by atoms with van der Waals surface area (Å²) < 4.78 is 23.0. The van der Waals surface area contributed by atoms with E-state index in [2.05, 4.69) is 26.1 Å². The lowest BCUT2D eigenvalue weighted by Crippen LogP contribution is -2.45. The largest absolute Gasteiger partial charge is 0.367 e. The van der Waals surface area contributed by atoms with E-state index in [1.54, 1.807) is 11.6 Å². The lowest BCUT2D eigenvalue weighted by Gasteiger charge is -2.44. The molecule has 2 unspecified atom stereocenters. The summed E-state index contributed by atoms with van der Waals surface area (Å²) in [6, 6.07) is 7.56. The highest BCUT2D eigenvalue weighted by atomic mass is 79.9. The molecule has 1 fully saturated rings. The highest BCUT2D eigenvalue weighted by Crippen LogP contribution is 2.49. The van der Waals surface area contributed by atoms with Gasteiger partial charge in [0, 0.05) is 17.9 Å². The Morgan fingerprint density at radius 1 is 1.53 bits per heavy atom. The Balaban J connectivity index is 2.02. The summed E-state index contributed by atoms with van der Waals surface area (Å²) in [6.45, 7) is 0.560. The van der Waals surface area contributed by atoms with Crippen LogP contribution in [0.3, 0.4) is 0 Å². The Hall–Kier alpha value is -1.27. The third kappa shape index (κ3) is 1.99. The summed E-state index contributed by atoms with van der Waals surface area (Å²) in [5.74, 6) is 0.291. The van der Waals surface area contributed by atoms with Gasteiger partial charge < -0.3 is 9.30 Å². The summed E-state index contributed by atoms with van der Waals surface area (Å²) in [5, 5.41) is 7.59. The average molecular weight is 326 g/mol. The minimum absolute atomic E-state index is 0.291. The van der Waals surface area contributed by atoms with Gasteiger partial charge in [0.1, 0.15) is 11.9 Å². The zero-order chi connectivity index (χ0) is 13.5. The maximum Gasteiger partial charge on any atom is 0.193 e. The SMILES string of the molecule is Cn1cnnc1C(F)C1(c2cccc(Br)c2)CCO1. The van der Waals surface area contributed by atoms with Gasteiger partial charge in [-0.15, -0.1) is 10.2 Å². The van der Waals surface area contributed by atoms with Crippen LogP contribution in [0.1, 0.15) is 24.0 Å². The van der Waals surface area contributed by atoms with Crippen molar-refractivity contribution in [3.63, 3.8) is 0 Å². The topological polar surface area (TPSA) is 39.9 Å². The molecule has 2 aromatic rings. The molecule has 1 aliphatic rings. The van der Waals surface area contributed by atoms with Crippen molar-refractivity contribution < 1.29 is 9.13 Å². The predicted molar refractivity (Wildman–Crippen MR) is 71.2 cm³/mol. The van der Waals surface area contributed by atoms with E-state index in [1.807, 2.05) is 24.3 Å². The van der Waals surface area contributed by atoms with Crippen molar-refractivity contribution in [3.05, 3.63) is 46.5 Å². The van der Waals surface area contributed by atoms with Gasteiger partial charge in [0.2, 0.25) is 0 Å². The summed E-state index contributed by atoms with van der Waals surface area (Å²) in [5.41, 5.74) is -0.117. The first kappa shape index (κ1) is 12.7. The van der Waals surface area contributed by atoms with Crippen LogP contribution < -0.4 is 0 Å². The minimum atomic E-state index is -1.33. The number of aryl methyl sites for hydroxylation is 1. The molecule has 0 aliphatic carbocycles. The Bertz CT molecular complexity index is 597. The van der Waals surface area contributed by atoms with Crippen LogP contribution in [0.15, 0.2) is 35.1 Å². The van der Waals surface area contributed by atoms with Crippen molar-refractivity contribution in [2.75, 3.05) is 6.61 Å². The number of halogens is 2. The molecule has 1 aliphatic heterocycles. The molecule has 1 aromatic heterocycles. The van der Waals surface area contributed by atoms with Crippen molar-refractivity contribution in [3.8, 4) is 0 Å². The first-order chi connectivity index (χ1) is 9.13. The van der Waals surface area contributed by atoms with Crippen molar-refractivity contribution in [1.82, 2.24) is 14.8 Å². The predicted octanol–water partition coefficient (Wildman–Crippen LogP) is 2.90. The fourth-order valence-corrected chi connectivity index (χ4v) is 2.78. The molecule has 0 amide bonds. The van der Waals surface area contributed by atoms with Crippen LogP contribution in [-0.4, -0.2) is 21.4 Å². The van der Waals surface area contributed by atoms with E-state index in [1.165, 1.54) is 6.33 Å². The van der Waals surface area contributed by atoms with Gasteiger partial charge >= 0.3 is 0 Å². The Kier molecular flexibility index (Phi) is 3.14. The monoisotopic (exact) mass is 325 g/mol. The molecule has 19 heavy (non-hydrogen) atoms. The molecule has 0 saturated carbocycles. The van der Waals surface area contributed by atoms with E-state index in [9.17, 15) is 4.39 Å². The Labute approximate surface area is 118 Å². The second kappa shape index (κ2) is 4.68. The Morgan fingerprint density at radius 2 is 2.32 bits per heavy atom. The fourth-order valence-electron chi connectivity index (χ4n) is 2.38. The van der Waals surface area contributed by atoms with E-state index < -0.39 is 11.8 Å².